The Bertz CT molecular complexity index is 736. The third-order valence-corrected chi connectivity index (χ3v) is 10.1. The van der Waals surface area contributed by atoms with Crippen molar-refractivity contribution in [2.75, 3.05) is 20.2 Å². The molecular weight excluding hydrogens is 394 g/mol. The Morgan fingerprint density at radius 3 is 2.76 bits per heavy atom. The number of rotatable bonds is 2. The summed E-state index contributed by atoms with van der Waals surface area (Å²) in [6.07, 6.45) is 3.38. The number of carbonyl (C=O) groups is 1. The van der Waals surface area contributed by atoms with Crippen LogP contribution < -0.4 is 0 Å². The first kappa shape index (κ1) is 20.5. The van der Waals surface area contributed by atoms with Gasteiger partial charge in [0.05, 0.1) is 23.7 Å². The van der Waals surface area contributed by atoms with Crippen molar-refractivity contribution in [2.45, 2.75) is 75.9 Å². The Morgan fingerprint density at radius 2 is 2.07 bits per heavy atom. The van der Waals surface area contributed by atoms with E-state index < -0.39 is 17.6 Å². The molecule has 0 radical (unpaired) electrons. The zero-order chi connectivity index (χ0) is 19.6. The van der Waals surface area contributed by atoms with E-state index in [0.717, 1.165) is 32.4 Å². The van der Waals surface area contributed by atoms with Crippen LogP contribution in [0.5, 0.6) is 0 Å². The van der Waals surface area contributed by atoms with Crippen LogP contribution in [0.25, 0.3) is 0 Å². The second kappa shape index (κ2) is 6.10. The molecule has 1 spiro atoms. The van der Waals surface area contributed by atoms with E-state index in [1.165, 1.54) is 0 Å². The molecule has 29 heavy (non-hydrogen) atoms. The molecule has 6 nitrogen and oxygen atoms in total. The molecule has 2 unspecified atom stereocenters. The van der Waals surface area contributed by atoms with Gasteiger partial charge in [-0.05, 0) is 50.0 Å². The number of aliphatic hydroxyl groups excluding tert-OH is 1. The maximum absolute atomic E-state index is 13.1. The molecule has 3 saturated heterocycles. The van der Waals surface area contributed by atoms with E-state index in [9.17, 15) is 15.0 Å². The minimum atomic E-state index is -1.17. The summed E-state index contributed by atoms with van der Waals surface area (Å²) < 4.78 is 11.9. The van der Waals surface area contributed by atoms with E-state index in [1.807, 2.05) is 0 Å². The molecular formula is C22H34ClNO5. The number of carbonyl (C=O) groups excluding carboxylic acids is 1. The van der Waals surface area contributed by atoms with Crippen LogP contribution in [-0.4, -0.2) is 71.2 Å². The van der Waals surface area contributed by atoms with Gasteiger partial charge in [-0.3, -0.25) is 9.69 Å². The zero-order valence-electron chi connectivity index (χ0n) is 17.5. The van der Waals surface area contributed by atoms with Gasteiger partial charge in [0.2, 0.25) is 0 Å². The van der Waals surface area contributed by atoms with Gasteiger partial charge in [0.25, 0.3) is 0 Å². The topological polar surface area (TPSA) is 79.2 Å². The van der Waals surface area contributed by atoms with Gasteiger partial charge in [0.1, 0.15) is 6.10 Å². The van der Waals surface area contributed by atoms with Crippen LogP contribution in [0.2, 0.25) is 0 Å². The largest absolute Gasteiger partial charge is 0.462 e. The van der Waals surface area contributed by atoms with Crippen molar-refractivity contribution < 1.29 is 24.5 Å². The van der Waals surface area contributed by atoms with Crippen LogP contribution in [0.3, 0.4) is 0 Å². The van der Waals surface area contributed by atoms with Gasteiger partial charge >= 0.3 is 5.97 Å². The number of esters is 1. The zero-order valence-corrected chi connectivity index (χ0v) is 18.4. The lowest BCUT2D eigenvalue weighted by Crippen LogP contribution is -2.76. The number of nitrogens with zero attached hydrogens (tertiary/aromatic N) is 1. The molecule has 164 valence electrons. The smallest absolute Gasteiger partial charge is 0.312 e. The van der Waals surface area contributed by atoms with E-state index in [-0.39, 0.29) is 65.2 Å². The Morgan fingerprint density at radius 1 is 1.31 bits per heavy atom. The van der Waals surface area contributed by atoms with Crippen LogP contribution >= 0.6 is 12.4 Å². The summed E-state index contributed by atoms with van der Waals surface area (Å²) >= 11 is 0. The molecule has 11 atom stereocenters. The highest BCUT2D eigenvalue weighted by molar-refractivity contribution is 5.85. The standard InChI is InChI=1S/C22H33NO5.ClH/c1-4-23-10-20(2)7-6-13(27-3)22-12-9-11-5-8-21(26,14(12)19(25)28-11)15(18(22)23)16(24)17(20)22;/h11-18,24,26H,4-10H2,1-3H3;1H/t11-,12+,13-,14+,15?,16+,17+,18+,20-,21+,22?;/m0./s1. The van der Waals surface area contributed by atoms with E-state index in [2.05, 4.69) is 18.7 Å². The minimum Gasteiger partial charge on any atom is -0.462 e. The normalized spacial score (nSPS) is 59.7. The van der Waals surface area contributed by atoms with E-state index in [0.29, 0.717) is 12.8 Å². The summed E-state index contributed by atoms with van der Waals surface area (Å²) in [5.41, 5.74) is -1.46. The number of likely N-dealkylation sites (tertiary alicyclic amines) is 1. The highest BCUT2D eigenvalue weighted by Gasteiger charge is 2.84. The number of hydrogen-bond donors (Lipinski definition) is 2. The quantitative estimate of drug-likeness (QED) is 0.652. The number of methoxy groups -OCH3 is 1. The Hall–Kier alpha value is -0.400. The van der Waals surface area contributed by atoms with Crippen LogP contribution in [0, 0.1) is 34.5 Å². The van der Waals surface area contributed by atoms with Crippen molar-refractivity contribution in [1.29, 1.82) is 0 Å². The number of aliphatic hydroxyl groups is 2. The number of ether oxygens (including phenoxy) is 2. The molecule has 7 fully saturated rings. The fraction of sp³-hybridized carbons (Fsp3) is 0.955. The highest BCUT2D eigenvalue weighted by atomic mass is 35.5. The molecule has 0 aromatic rings. The molecule has 0 aromatic carbocycles. The van der Waals surface area contributed by atoms with Gasteiger partial charge in [0.15, 0.2) is 0 Å². The Kier molecular flexibility index (Phi) is 4.31. The predicted molar refractivity (Wildman–Crippen MR) is 108 cm³/mol. The number of fused-ring (bicyclic) bond motifs is 2. The molecule has 4 saturated carbocycles. The average Bonchev–Trinajstić information content (AvgIpc) is 2.73. The van der Waals surface area contributed by atoms with E-state index >= 15 is 0 Å². The fourth-order valence-corrected chi connectivity index (χ4v) is 9.64. The number of piperidine rings is 1. The summed E-state index contributed by atoms with van der Waals surface area (Å²) in [5.74, 6) is -0.969. The minimum absolute atomic E-state index is 0. The molecule has 2 N–H and O–H groups in total. The van der Waals surface area contributed by atoms with Gasteiger partial charge in [-0.15, -0.1) is 12.4 Å². The second-order valence-electron chi connectivity index (χ2n) is 10.8. The lowest BCUT2D eigenvalue weighted by Gasteiger charge is -2.69. The lowest BCUT2D eigenvalue weighted by atomic mass is 9.42. The Labute approximate surface area is 178 Å². The SMILES string of the molecule is CCN1C[C@]2(C)CC[C@H](OC)C34[C@@H]5C[C@@H]6CC[C@](O)(C([C@@H](O)[C@@H]32)[C@@H]14)[C@H]5C(=O)O6.Cl. The molecule has 7 aliphatic rings. The van der Waals surface area contributed by atoms with Crippen molar-refractivity contribution in [3.05, 3.63) is 0 Å². The molecule has 0 amide bonds. The van der Waals surface area contributed by atoms with Crippen LogP contribution in [0.15, 0.2) is 0 Å². The van der Waals surface area contributed by atoms with Gasteiger partial charge in [-0.2, -0.15) is 0 Å². The van der Waals surface area contributed by atoms with E-state index in [1.54, 1.807) is 7.11 Å². The van der Waals surface area contributed by atoms with Crippen molar-refractivity contribution in [2.24, 2.45) is 34.5 Å². The third-order valence-electron chi connectivity index (χ3n) is 10.1. The van der Waals surface area contributed by atoms with Gasteiger partial charge in [0, 0.05) is 36.9 Å². The molecule has 7 heteroatoms. The number of hydrogen-bond acceptors (Lipinski definition) is 6. The maximum atomic E-state index is 13.1. The average molecular weight is 428 g/mol. The van der Waals surface area contributed by atoms with Gasteiger partial charge < -0.3 is 19.7 Å². The summed E-state index contributed by atoms with van der Waals surface area (Å²) in [4.78, 5) is 15.6. The predicted octanol–water partition coefficient (Wildman–Crippen LogP) is 1.61. The highest BCUT2D eigenvalue weighted by Crippen LogP contribution is 2.77. The second-order valence-corrected chi connectivity index (χ2v) is 10.8. The first-order valence-electron chi connectivity index (χ1n) is 11.2. The molecule has 7 rings (SSSR count). The van der Waals surface area contributed by atoms with E-state index in [4.69, 9.17) is 9.47 Å². The van der Waals surface area contributed by atoms with Crippen molar-refractivity contribution in [3.8, 4) is 0 Å². The summed E-state index contributed by atoms with van der Waals surface area (Å²) in [6.45, 7) is 6.38. The number of halogens is 1. The lowest BCUT2D eigenvalue weighted by molar-refractivity contribution is -0.269. The molecule has 9 bridgehead atoms. The van der Waals surface area contributed by atoms with Crippen molar-refractivity contribution >= 4 is 18.4 Å². The molecule has 4 aliphatic carbocycles. The molecule has 3 aliphatic heterocycles. The Balaban J connectivity index is 0.00000181. The molecule has 0 aromatic heterocycles. The van der Waals surface area contributed by atoms with Crippen molar-refractivity contribution in [3.63, 3.8) is 0 Å². The van der Waals surface area contributed by atoms with Gasteiger partial charge in [-0.1, -0.05) is 13.8 Å². The first-order chi connectivity index (χ1) is 13.3. The van der Waals surface area contributed by atoms with Gasteiger partial charge in [-0.25, -0.2) is 0 Å². The third kappa shape index (κ3) is 2.02. The first-order valence-corrected chi connectivity index (χ1v) is 11.2. The maximum Gasteiger partial charge on any atom is 0.312 e. The summed E-state index contributed by atoms with van der Waals surface area (Å²) in [6, 6.07) is 0.0757. The van der Waals surface area contributed by atoms with Crippen LogP contribution in [-0.2, 0) is 14.3 Å². The van der Waals surface area contributed by atoms with Crippen LogP contribution in [0.1, 0.15) is 46.0 Å². The fourth-order valence-electron chi connectivity index (χ4n) is 9.64. The van der Waals surface area contributed by atoms with Crippen molar-refractivity contribution in [1.82, 2.24) is 4.90 Å². The van der Waals surface area contributed by atoms with Crippen LogP contribution in [0.4, 0.5) is 0 Å². The monoisotopic (exact) mass is 427 g/mol. The summed E-state index contributed by atoms with van der Waals surface area (Å²) in [7, 11) is 1.79. The summed E-state index contributed by atoms with van der Waals surface area (Å²) in [5, 5.41) is 23.9. The molecule has 3 heterocycles.